The van der Waals surface area contributed by atoms with Gasteiger partial charge >= 0.3 is 18.1 Å². The monoisotopic (exact) mass is 445 g/mol. The van der Waals surface area contributed by atoms with E-state index in [1.165, 1.54) is 30.5 Å². The third kappa shape index (κ3) is 9.54. The van der Waals surface area contributed by atoms with Crippen LogP contribution in [0.2, 0.25) is 0 Å². The summed E-state index contributed by atoms with van der Waals surface area (Å²) in [6, 6.07) is 5.12. The first-order valence-corrected chi connectivity index (χ1v) is 10.7. The van der Waals surface area contributed by atoms with Crippen LogP contribution in [0.25, 0.3) is 0 Å². The Labute approximate surface area is 179 Å². The Kier molecular flexibility index (Phi) is 9.54. The van der Waals surface area contributed by atoms with Crippen LogP contribution in [0.5, 0.6) is 0 Å². The molecular formula is C21H30F3N3O4. The molecule has 0 unspecified atom stereocenters. The highest BCUT2D eigenvalue weighted by atomic mass is 19.4. The molecule has 2 aliphatic rings. The Balaban J connectivity index is 0.000000423. The van der Waals surface area contributed by atoms with Gasteiger partial charge in [0, 0.05) is 24.7 Å². The van der Waals surface area contributed by atoms with E-state index in [0.29, 0.717) is 6.04 Å². The van der Waals surface area contributed by atoms with Crippen LogP contribution in [0.1, 0.15) is 56.2 Å². The fourth-order valence-electron chi connectivity index (χ4n) is 3.48. The summed E-state index contributed by atoms with van der Waals surface area (Å²) in [5.74, 6) is -2.35. The standard InChI is InChI=1S/C19H29N3O2.C2HF3O2/c23-18(24)7-4-14-22(17-10-11-17)13-2-1-6-16-9-8-15-5-3-12-20-19(15)21-16;3-2(4,5)1(6)7/h8-9,17H,1-7,10-14H2,(H,20,21)(H,23,24);(H,6,7). The average Bonchev–Trinajstić information content (AvgIpc) is 3.54. The van der Waals surface area contributed by atoms with Crippen LogP contribution in [-0.2, 0) is 22.4 Å². The third-order valence-corrected chi connectivity index (χ3v) is 5.22. The number of nitrogens with one attached hydrogen (secondary N) is 1. The van der Waals surface area contributed by atoms with Gasteiger partial charge in [0.25, 0.3) is 0 Å². The van der Waals surface area contributed by atoms with E-state index in [9.17, 15) is 18.0 Å². The molecule has 0 saturated heterocycles. The van der Waals surface area contributed by atoms with Crippen LogP contribution < -0.4 is 5.32 Å². The Morgan fingerprint density at radius 1 is 1.13 bits per heavy atom. The number of anilines is 1. The zero-order valence-corrected chi connectivity index (χ0v) is 17.5. The number of aliphatic carboxylic acids is 2. The smallest absolute Gasteiger partial charge is 0.481 e. The van der Waals surface area contributed by atoms with Crippen molar-refractivity contribution in [1.29, 1.82) is 0 Å². The highest BCUT2D eigenvalue weighted by Crippen LogP contribution is 2.27. The normalized spacial score (nSPS) is 15.5. The fraction of sp³-hybridized carbons (Fsp3) is 0.667. The van der Waals surface area contributed by atoms with E-state index in [0.717, 1.165) is 57.6 Å². The molecule has 31 heavy (non-hydrogen) atoms. The highest BCUT2D eigenvalue weighted by molar-refractivity contribution is 5.73. The van der Waals surface area contributed by atoms with Crippen molar-refractivity contribution in [3.63, 3.8) is 0 Å². The Hall–Kier alpha value is -2.36. The molecule has 0 amide bonds. The van der Waals surface area contributed by atoms with E-state index in [1.54, 1.807) is 0 Å². The summed E-state index contributed by atoms with van der Waals surface area (Å²) in [5, 5.41) is 19.3. The predicted molar refractivity (Wildman–Crippen MR) is 109 cm³/mol. The minimum atomic E-state index is -5.08. The van der Waals surface area contributed by atoms with E-state index >= 15 is 0 Å². The van der Waals surface area contributed by atoms with Crippen molar-refractivity contribution in [3.05, 3.63) is 23.4 Å². The lowest BCUT2D eigenvalue weighted by Gasteiger charge is -2.21. The SMILES string of the molecule is O=C(O)C(F)(F)F.O=C(O)CCCN(CCCCc1ccc2c(n1)NCCC2)C1CC1. The third-order valence-electron chi connectivity index (χ3n) is 5.22. The molecule has 1 aliphatic carbocycles. The van der Waals surface area contributed by atoms with Crippen molar-refractivity contribution in [3.8, 4) is 0 Å². The topological polar surface area (TPSA) is 103 Å². The van der Waals surface area contributed by atoms with Gasteiger partial charge in [0.2, 0.25) is 0 Å². The first kappa shape index (κ1) is 24.9. The number of unbranched alkanes of at least 4 members (excludes halogenated alkanes) is 1. The predicted octanol–water partition coefficient (Wildman–Crippen LogP) is 3.72. The second-order valence-electron chi connectivity index (χ2n) is 7.87. The van der Waals surface area contributed by atoms with Crippen LogP contribution in [0.4, 0.5) is 19.0 Å². The van der Waals surface area contributed by atoms with Crippen molar-refractivity contribution >= 4 is 17.8 Å². The molecule has 10 heteroatoms. The number of fused-ring (bicyclic) bond motifs is 1. The molecule has 2 heterocycles. The lowest BCUT2D eigenvalue weighted by atomic mass is 10.1. The van der Waals surface area contributed by atoms with Crippen molar-refractivity contribution in [2.24, 2.45) is 0 Å². The molecule has 0 atom stereocenters. The number of carboxylic acids is 2. The van der Waals surface area contributed by atoms with E-state index in [1.807, 2.05) is 0 Å². The number of carbonyl (C=O) groups is 2. The van der Waals surface area contributed by atoms with Crippen LogP contribution in [0, 0.1) is 0 Å². The maximum absolute atomic E-state index is 10.7. The lowest BCUT2D eigenvalue weighted by Crippen LogP contribution is -2.28. The molecule has 3 rings (SSSR count). The van der Waals surface area contributed by atoms with Gasteiger partial charge in [-0.3, -0.25) is 4.79 Å². The van der Waals surface area contributed by atoms with Gasteiger partial charge in [0.05, 0.1) is 0 Å². The molecule has 0 radical (unpaired) electrons. The van der Waals surface area contributed by atoms with Gasteiger partial charge in [-0.15, -0.1) is 0 Å². The molecule has 1 saturated carbocycles. The van der Waals surface area contributed by atoms with Gasteiger partial charge < -0.3 is 20.4 Å². The van der Waals surface area contributed by atoms with Gasteiger partial charge in [0.1, 0.15) is 5.82 Å². The van der Waals surface area contributed by atoms with Crippen LogP contribution >= 0.6 is 0 Å². The Morgan fingerprint density at radius 3 is 2.42 bits per heavy atom. The summed E-state index contributed by atoms with van der Waals surface area (Å²) in [6.07, 6.45) is 4.22. The summed E-state index contributed by atoms with van der Waals surface area (Å²) < 4.78 is 31.7. The van der Waals surface area contributed by atoms with Gasteiger partial charge in [-0.05, 0) is 76.1 Å². The van der Waals surface area contributed by atoms with Gasteiger partial charge in [-0.25, -0.2) is 9.78 Å². The lowest BCUT2D eigenvalue weighted by molar-refractivity contribution is -0.192. The molecule has 1 fully saturated rings. The summed E-state index contributed by atoms with van der Waals surface area (Å²) in [4.78, 5) is 26.8. The van der Waals surface area contributed by atoms with Crippen molar-refractivity contribution < 1.29 is 33.0 Å². The second-order valence-corrected chi connectivity index (χ2v) is 7.87. The number of alkyl halides is 3. The second kappa shape index (κ2) is 11.9. The van der Waals surface area contributed by atoms with E-state index in [2.05, 4.69) is 22.3 Å². The largest absolute Gasteiger partial charge is 0.490 e. The quantitative estimate of drug-likeness (QED) is 0.472. The van der Waals surface area contributed by atoms with E-state index < -0.39 is 18.1 Å². The molecule has 1 aliphatic heterocycles. The van der Waals surface area contributed by atoms with Crippen molar-refractivity contribution in [1.82, 2.24) is 9.88 Å². The average molecular weight is 445 g/mol. The number of pyridine rings is 1. The summed E-state index contributed by atoms with van der Waals surface area (Å²) >= 11 is 0. The van der Waals surface area contributed by atoms with Crippen molar-refractivity contribution in [2.45, 2.75) is 70.0 Å². The number of halogens is 3. The number of carboxylic acid groups (broad SMARTS) is 2. The molecule has 0 bridgehead atoms. The highest BCUT2D eigenvalue weighted by Gasteiger charge is 2.38. The van der Waals surface area contributed by atoms with Crippen LogP contribution in [0.15, 0.2) is 12.1 Å². The number of aryl methyl sites for hydroxylation is 2. The molecule has 1 aromatic rings. The van der Waals surface area contributed by atoms with Gasteiger partial charge in [0.15, 0.2) is 0 Å². The Bertz CT molecular complexity index is 739. The molecule has 3 N–H and O–H groups in total. The zero-order chi connectivity index (χ0) is 22.9. The molecule has 174 valence electrons. The maximum Gasteiger partial charge on any atom is 0.490 e. The van der Waals surface area contributed by atoms with Gasteiger partial charge in [-0.2, -0.15) is 13.2 Å². The molecule has 0 aromatic carbocycles. The molecule has 1 aromatic heterocycles. The Morgan fingerprint density at radius 2 is 1.81 bits per heavy atom. The summed E-state index contributed by atoms with van der Waals surface area (Å²) in [6.45, 7) is 3.06. The minimum absolute atomic E-state index is 0.287. The number of hydrogen-bond acceptors (Lipinski definition) is 5. The first-order chi connectivity index (χ1) is 14.7. The summed E-state index contributed by atoms with van der Waals surface area (Å²) in [7, 11) is 0. The number of hydrogen-bond donors (Lipinski definition) is 3. The first-order valence-electron chi connectivity index (χ1n) is 10.7. The molecular weight excluding hydrogens is 415 g/mol. The number of aromatic nitrogens is 1. The summed E-state index contributed by atoms with van der Waals surface area (Å²) in [5.41, 5.74) is 2.54. The maximum atomic E-state index is 10.7. The molecule has 7 nitrogen and oxygen atoms in total. The van der Waals surface area contributed by atoms with E-state index in [-0.39, 0.29) is 6.42 Å². The van der Waals surface area contributed by atoms with E-state index in [4.69, 9.17) is 20.0 Å². The zero-order valence-electron chi connectivity index (χ0n) is 17.5. The van der Waals surface area contributed by atoms with Crippen LogP contribution in [-0.4, -0.2) is 63.9 Å². The van der Waals surface area contributed by atoms with Crippen LogP contribution in [0.3, 0.4) is 0 Å². The van der Waals surface area contributed by atoms with Crippen molar-refractivity contribution in [2.75, 3.05) is 25.0 Å². The number of rotatable bonds is 10. The fourth-order valence-corrected chi connectivity index (χ4v) is 3.48. The molecule has 0 spiro atoms. The minimum Gasteiger partial charge on any atom is -0.481 e. The van der Waals surface area contributed by atoms with Gasteiger partial charge in [-0.1, -0.05) is 6.07 Å². The number of nitrogens with zero attached hydrogens (tertiary/aromatic N) is 2.